The number of sulfone groups is 1. The van der Waals surface area contributed by atoms with Gasteiger partial charge in [-0.25, -0.2) is 8.42 Å². The van der Waals surface area contributed by atoms with Crippen LogP contribution < -0.4 is 5.73 Å². The zero-order chi connectivity index (χ0) is 11.7. The molecule has 0 saturated heterocycles. The van der Waals surface area contributed by atoms with E-state index in [9.17, 15) is 8.42 Å². The standard InChI is InChI=1S/C9H21NO4S/c1-3-14-9(8-10)4-6-15(11,12)7-5-13-2/h9H,3-8,10H2,1-2H3. The van der Waals surface area contributed by atoms with Crippen molar-refractivity contribution in [2.45, 2.75) is 19.4 Å². The predicted molar refractivity (Wildman–Crippen MR) is 59.6 cm³/mol. The van der Waals surface area contributed by atoms with E-state index in [-0.39, 0.29) is 24.2 Å². The molecule has 2 N–H and O–H groups in total. The van der Waals surface area contributed by atoms with Gasteiger partial charge in [-0.1, -0.05) is 0 Å². The molecule has 0 aliphatic rings. The van der Waals surface area contributed by atoms with E-state index in [1.165, 1.54) is 7.11 Å². The van der Waals surface area contributed by atoms with Crippen molar-refractivity contribution in [3.8, 4) is 0 Å². The van der Waals surface area contributed by atoms with Crippen molar-refractivity contribution in [2.75, 3.05) is 38.4 Å². The first kappa shape index (κ1) is 14.8. The van der Waals surface area contributed by atoms with Crippen molar-refractivity contribution in [2.24, 2.45) is 5.73 Å². The molecule has 0 aromatic carbocycles. The van der Waals surface area contributed by atoms with Gasteiger partial charge in [0.1, 0.15) is 0 Å². The number of ether oxygens (including phenoxy) is 2. The molecule has 0 bridgehead atoms. The number of rotatable bonds is 9. The van der Waals surface area contributed by atoms with Crippen LogP contribution >= 0.6 is 0 Å². The van der Waals surface area contributed by atoms with Gasteiger partial charge in [0, 0.05) is 20.3 Å². The molecule has 0 spiro atoms. The van der Waals surface area contributed by atoms with E-state index in [0.29, 0.717) is 19.6 Å². The second kappa shape index (κ2) is 8.04. The minimum atomic E-state index is -3.03. The Morgan fingerprint density at radius 1 is 1.33 bits per heavy atom. The van der Waals surface area contributed by atoms with Gasteiger partial charge in [0.25, 0.3) is 0 Å². The van der Waals surface area contributed by atoms with Crippen LogP contribution in [-0.4, -0.2) is 52.9 Å². The van der Waals surface area contributed by atoms with Gasteiger partial charge in [-0.05, 0) is 13.3 Å². The lowest BCUT2D eigenvalue weighted by Gasteiger charge is -2.14. The monoisotopic (exact) mass is 239 g/mol. The topological polar surface area (TPSA) is 78.6 Å². The Morgan fingerprint density at radius 3 is 2.47 bits per heavy atom. The first-order valence-electron chi connectivity index (χ1n) is 5.06. The van der Waals surface area contributed by atoms with Gasteiger partial charge in [0.15, 0.2) is 9.84 Å². The number of hydrogen-bond acceptors (Lipinski definition) is 5. The molecule has 0 heterocycles. The smallest absolute Gasteiger partial charge is 0.152 e. The molecule has 15 heavy (non-hydrogen) atoms. The Hall–Kier alpha value is -0.170. The zero-order valence-electron chi connectivity index (χ0n) is 9.44. The van der Waals surface area contributed by atoms with E-state index in [1.807, 2.05) is 6.92 Å². The van der Waals surface area contributed by atoms with Gasteiger partial charge < -0.3 is 15.2 Å². The molecule has 0 aromatic rings. The van der Waals surface area contributed by atoms with E-state index < -0.39 is 9.84 Å². The van der Waals surface area contributed by atoms with Crippen LogP contribution in [0.2, 0.25) is 0 Å². The van der Waals surface area contributed by atoms with Crippen molar-refractivity contribution >= 4 is 9.84 Å². The maximum absolute atomic E-state index is 11.4. The highest BCUT2D eigenvalue weighted by Gasteiger charge is 2.14. The largest absolute Gasteiger partial charge is 0.384 e. The molecule has 92 valence electrons. The average Bonchev–Trinajstić information content (AvgIpc) is 2.21. The Balaban J connectivity index is 3.90. The van der Waals surface area contributed by atoms with Gasteiger partial charge in [-0.15, -0.1) is 0 Å². The lowest BCUT2D eigenvalue weighted by molar-refractivity contribution is 0.0670. The summed E-state index contributed by atoms with van der Waals surface area (Å²) in [6.45, 7) is 3.01. The van der Waals surface area contributed by atoms with Crippen LogP contribution in [0.3, 0.4) is 0 Å². The minimum Gasteiger partial charge on any atom is -0.384 e. The number of hydrogen-bond donors (Lipinski definition) is 1. The summed E-state index contributed by atoms with van der Waals surface area (Å²) in [5, 5.41) is 0. The molecule has 0 amide bonds. The molecule has 0 aromatic heterocycles. The normalized spacial score (nSPS) is 14.1. The van der Waals surface area contributed by atoms with Crippen LogP contribution in [-0.2, 0) is 19.3 Å². The summed E-state index contributed by atoms with van der Waals surface area (Å²) in [5.41, 5.74) is 5.44. The summed E-state index contributed by atoms with van der Waals surface area (Å²) >= 11 is 0. The van der Waals surface area contributed by atoms with Gasteiger partial charge >= 0.3 is 0 Å². The van der Waals surface area contributed by atoms with Gasteiger partial charge in [-0.2, -0.15) is 0 Å². The highest BCUT2D eigenvalue weighted by atomic mass is 32.2. The Morgan fingerprint density at radius 2 is 2.00 bits per heavy atom. The van der Waals surface area contributed by atoms with Crippen molar-refractivity contribution < 1.29 is 17.9 Å². The second-order valence-corrected chi connectivity index (χ2v) is 5.55. The second-order valence-electron chi connectivity index (χ2n) is 3.25. The fourth-order valence-corrected chi connectivity index (χ4v) is 2.38. The van der Waals surface area contributed by atoms with Crippen molar-refractivity contribution in [3.05, 3.63) is 0 Å². The lowest BCUT2D eigenvalue weighted by Crippen LogP contribution is -2.27. The van der Waals surface area contributed by atoms with Crippen molar-refractivity contribution in [1.29, 1.82) is 0 Å². The summed E-state index contributed by atoms with van der Waals surface area (Å²) in [6.07, 6.45) is 0.295. The third kappa shape index (κ3) is 7.72. The predicted octanol–water partition coefficient (Wildman–Crippen LogP) is -0.198. The number of nitrogens with two attached hydrogens (primary N) is 1. The SMILES string of the molecule is CCOC(CN)CCS(=O)(=O)CCOC. The van der Waals surface area contributed by atoms with E-state index in [0.717, 1.165) is 0 Å². The average molecular weight is 239 g/mol. The van der Waals surface area contributed by atoms with Gasteiger partial charge in [-0.3, -0.25) is 0 Å². The maximum Gasteiger partial charge on any atom is 0.152 e. The maximum atomic E-state index is 11.4. The summed E-state index contributed by atoms with van der Waals surface area (Å²) in [4.78, 5) is 0. The lowest BCUT2D eigenvalue weighted by atomic mass is 10.3. The van der Waals surface area contributed by atoms with Crippen LogP contribution in [0.25, 0.3) is 0 Å². The van der Waals surface area contributed by atoms with Crippen molar-refractivity contribution in [3.63, 3.8) is 0 Å². The minimum absolute atomic E-state index is 0.0624. The van der Waals surface area contributed by atoms with Gasteiger partial charge in [0.2, 0.25) is 0 Å². The molecule has 0 saturated carbocycles. The van der Waals surface area contributed by atoms with E-state index in [2.05, 4.69) is 0 Å². The van der Waals surface area contributed by atoms with Gasteiger partial charge in [0.05, 0.1) is 24.2 Å². The third-order valence-electron chi connectivity index (χ3n) is 2.01. The molecule has 5 nitrogen and oxygen atoms in total. The van der Waals surface area contributed by atoms with E-state index in [1.54, 1.807) is 0 Å². The first-order chi connectivity index (χ1) is 7.05. The van der Waals surface area contributed by atoms with E-state index >= 15 is 0 Å². The summed E-state index contributed by atoms with van der Waals surface area (Å²) in [6, 6.07) is 0. The quantitative estimate of drug-likeness (QED) is 0.603. The zero-order valence-corrected chi connectivity index (χ0v) is 10.3. The molecule has 6 heteroatoms. The fourth-order valence-electron chi connectivity index (χ4n) is 1.13. The van der Waals surface area contributed by atoms with Crippen LogP contribution in [0.1, 0.15) is 13.3 Å². The third-order valence-corrected chi connectivity index (χ3v) is 3.66. The molecule has 1 unspecified atom stereocenters. The number of methoxy groups -OCH3 is 1. The molecule has 0 fully saturated rings. The summed E-state index contributed by atoms with van der Waals surface area (Å²) in [5.74, 6) is 0.172. The van der Waals surface area contributed by atoms with Crippen LogP contribution in [0.15, 0.2) is 0 Å². The van der Waals surface area contributed by atoms with Crippen molar-refractivity contribution in [1.82, 2.24) is 0 Å². The summed E-state index contributed by atoms with van der Waals surface area (Å²) < 4.78 is 32.9. The molecular formula is C9H21NO4S. The molecule has 0 aliphatic carbocycles. The van der Waals surface area contributed by atoms with E-state index in [4.69, 9.17) is 15.2 Å². The van der Waals surface area contributed by atoms with Crippen LogP contribution in [0.5, 0.6) is 0 Å². The highest BCUT2D eigenvalue weighted by Crippen LogP contribution is 2.01. The molecule has 1 atom stereocenters. The fraction of sp³-hybridized carbons (Fsp3) is 1.00. The van der Waals surface area contributed by atoms with Crippen LogP contribution in [0.4, 0.5) is 0 Å². The molecule has 0 rings (SSSR count). The Kier molecular flexibility index (Phi) is 7.95. The van der Waals surface area contributed by atoms with Crippen LogP contribution in [0, 0.1) is 0 Å². The molecule has 0 aliphatic heterocycles. The first-order valence-corrected chi connectivity index (χ1v) is 6.89. The Bertz CT molecular complexity index is 240. The highest BCUT2D eigenvalue weighted by molar-refractivity contribution is 7.91. The molecular weight excluding hydrogens is 218 g/mol. The summed E-state index contributed by atoms with van der Waals surface area (Å²) in [7, 11) is -1.54. The Labute approximate surface area is 91.9 Å². The molecule has 0 radical (unpaired) electrons.